The number of rotatable bonds is 2. The van der Waals surface area contributed by atoms with Gasteiger partial charge in [0.1, 0.15) is 5.82 Å². The maximum absolute atomic E-state index is 11.1. The van der Waals surface area contributed by atoms with Crippen LogP contribution in [0.15, 0.2) is 30.5 Å². The van der Waals surface area contributed by atoms with Crippen LogP contribution in [0.3, 0.4) is 0 Å². The first kappa shape index (κ1) is 11.9. The number of fused-ring (bicyclic) bond motifs is 1. The van der Waals surface area contributed by atoms with Crippen LogP contribution >= 0.6 is 0 Å². The summed E-state index contributed by atoms with van der Waals surface area (Å²) in [5.74, 6) is 0.796. The Labute approximate surface area is 109 Å². The van der Waals surface area contributed by atoms with Gasteiger partial charge in [0.25, 0.3) is 5.69 Å². The molecule has 1 aromatic carbocycles. The monoisotopic (exact) mass is 259 g/mol. The third kappa shape index (κ3) is 2.10. The van der Waals surface area contributed by atoms with Crippen molar-refractivity contribution in [2.75, 3.05) is 31.2 Å². The molecule has 6 nitrogen and oxygen atoms in total. The average Bonchev–Trinajstić information content (AvgIpc) is 2.46. The number of morpholine rings is 1. The number of hydrogen-bond acceptors (Lipinski definition) is 5. The van der Waals surface area contributed by atoms with E-state index >= 15 is 0 Å². The molecule has 0 atom stereocenters. The van der Waals surface area contributed by atoms with E-state index in [-0.39, 0.29) is 10.6 Å². The number of hydrogen-bond donors (Lipinski definition) is 0. The fourth-order valence-corrected chi connectivity index (χ4v) is 2.36. The van der Waals surface area contributed by atoms with Crippen molar-refractivity contribution < 1.29 is 9.66 Å². The number of aromatic nitrogens is 1. The third-order valence-electron chi connectivity index (χ3n) is 3.27. The van der Waals surface area contributed by atoms with Crippen LogP contribution in [-0.4, -0.2) is 36.2 Å². The first-order chi connectivity index (χ1) is 9.27. The predicted octanol–water partition coefficient (Wildman–Crippen LogP) is 1.98. The lowest BCUT2D eigenvalue weighted by Crippen LogP contribution is -2.36. The summed E-state index contributed by atoms with van der Waals surface area (Å²) in [5.41, 5.74) is 0.120. The minimum atomic E-state index is -0.356. The van der Waals surface area contributed by atoms with E-state index in [1.54, 1.807) is 18.3 Å². The summed E-state index contributed by atoms with van der Waals surface area (Å²) >= 11 is 0. The van der Waals surface area contributed by atoms with Crippen LogP contribution in [0.4, 0.5) is 11.5 Å². The standard InChI is InChI=1S/C13H13N3O3/c17-16(18)12-3-1-2-11-10(12)4-5-14-13(11)15-6-8-19-9-7-15/h1-5H,6-9H2. The highest BCUT2D eigenvalue weighted by Gasteiger charge is 2.18. The molecule has 6 heteroatoms. The van der Waals surface area contributed by atoms with Gasteiger partial charge in [-0.2, -0.15) is 0 Å². The predicted molar refractivity (Wildman–Crippen MR) is 71.4 cm³/mol. The van der Waals surface area contributed by atoms with Crippen molar-refractivity contribution in [2.45, 2.75) is 0 Å². The molecule has 0 unspecified atom stereocenters. The SMILES string of the molecule is O=[N+]([O-])c1cccc2c(N3CCOCC3)nccc12. The second-order valence-corrected chi connectivity index (χ2v) is 4.36. The summed E-state index contributed by atoms with van der Waals surface area (Å²) in [6, 6.07) is 6.79. The van der Waals surface area contributed by atoms with Gasteiger partial charge < -0.3 is 9.64 Å². The van der Waals surface area contributed by atoms with E-state index in [0.717, 1.165) is 24.3 Å². The highest BCUT2D eigenvalue weighted by atomic mass is 16.6. The van der Waals surface area contributed by atoms with Crippen molar-refractivity contribution in [3.8, 4) is 0 Å². The Bertz CT molecular complexity index is 624. The molecule has 0 aliphatic carbocycles. The van der Waals surface area contributed by atoms with Crippen LogP contribution < -0.4 is 4.90 Å². The highest BCUT2D eigenvalue weighted by Crippen LogP contribution is 2.31. The fraction of sp³-hybridized carbons (Fsp3) is 0.308. The van der Waals surface area contributed by atoms with Gasteiger partial charge in [0.05, 0.1) is 23.5 Å². The molecule has 1 aromatic heterocycles. The number of non-ortho nitro benzene ring substituents is 1. The molecule has 1 aliphatic rings. The summed E-state index contributed by atoms with van der Waals surface area (Å²) < 4.78 is 5.32. The molecule has 2 heterocycles. The summed E-state index contributed by atoms with van der Waals surface area (Å²) in [7, 11) is 0. The Balaban J connectivity index is 2.15. The number of benzene rings is 1. The van der Waals surface area contributed by atoms with Crippen molar-refractivity contribution in [3.05, 3.63) is 40.6 Å². The lowest BCUT2D eigenvalue weighted by atomic mass is 10.1. The number of anilines is 1. The maximum Gasteiger partial charge on any atom is 0.277 e. The number of nitrogens with zero attached hydrogens (tertiary/aromatic N) is 3. The Kier molecular flexibility index (Phi) is 3.00. The zero-order chi connectivity index (χ0) is 13.2. The maximum atomic E-state index is 11.1. The molecular weight excluding hydrogens is 246 g/mol. The molecular formula is C13H13N3O3. The Morgan fingerprint density at radius 3 is 2.74 bits per heavy atom. The molecule has 1 aliphatic heterocycles. The Morgan fingerprint density at radius 1 is 1.21 bits per heavy atom. The van der Waals surface area contributed by atoms with E-state index in [0.29, 0.717) is 18.6 Å². The number of nitro groups is 1. The van der Waals surface area contributed by atoms with Crippen LogP contribution in [0.1, 0.15) is 0 Å². The van der Waals surface area contributed by atoms with E-state index in [2.05, 4.69) is 9.88 Å². The van der Waals surface area contributed by atoms with Gasteiger partial charge in [-0.05, 0) is 6.07 Å². The smallest absolute Gasteiger partial charge is 0.277 e. The van der Waals surface area contributed by atoms with Crippen LogP contribution in [0.25, 0.3) is 10.8 Å². The largest absolute Gasteiger partial charge is 0.378 e. The molecule has 98 valence electrons. The second-order valence-electron chi connectivity index (χ2n) is 4.36. The number of nitro benzene ring substituents is 1. The van der Waals surface area contributed by atoms with Crippen LogP contribution in [-0.2, 0) is 4.74 Å². The normalized spacial score (nSPS) is 15.7. The summed E-state index contributed by atoms with van der Waals surface area (Å²) in [4.78, 5) is 17.2. The summed E-state index contributed by atoms with van der Waals surface area (Å²) in [5, 5.41) is 12.5. The molecule has 0 bridgehead atoms. The number of pyridine rings is 1. The van der Waals surface area contributed by atoms with Gasteiger partial charge in [-0.1, -0.05) is 12.1 Å². The van der Waals surface area contributed by atoms with E-state index in [9.17, 15) is 10.1 Å². The first-order valence-electron chi connectivity index (χ1n) is 6.12. The minimum absolute atomic E-state index is 0.120. The molecule has 3 rings (SSSR count). The Hall–Kier alpha value is -2.21. The minimum Gasteiger partial charge on any atom is -0.378 e. The average molecular weight is 259 g/mol. The third-order valence-corrected chi connectivity index (χ3v) is 3.27. The van der Waals surface area contributed by atoms with Crippen molar-refractivity contribution in [1.29, 1.82) is 0 Å². The van der Waals surface area contributed by atoms with E-state index in [1.165, 1.54) is 6.07 Å². The molecule has 0 radical (unpaired) electrons. The van der Waals surface area contributed by atoms with Crippen molar-refractivity contribution in [3.63, 3.8) is 0 Å². The molecule has 19 heavy (non-hydrogen) atoms. The summed E-state index contributed by atoms with van der Waals surface area (Å²) in [6.45, 7) is 2.84. The van der Waals surface area contributed by atoms with E-state index in [4.69, 9.17) is 4.74 Å². The van der Waals surface area contributed by atoms with Gasteiger partial charge in [0.15, 0.2) is 0 Å². The molecule has 0 spiro atoms. The fourth-order valence-electron chi connectivity index (χ4n) is 2.36. The van der Waals surface area contributed by atoms with Crippen molar-refractivity contribution >= 4 is 22.3 Å². The molecule has 0 N–H and O–H groups in total. The van der Waals surface area contributed by atoms with Crippen LogP contribution in [0.2, 0.25) is 0 Å². The lowest BCUT2D eigenvalue weighted by molar-refractivity contribution is -0.383. The zero-order valence-electron chi connectivity index (χ0n) is 10.3. The van der Waals surface area contributed by atoms with Gasteiger partial charge in [-0.25, -0.2) is 4.98 Å². The number of ether oxygens (including phenoxy) is 1. The lowest BCUT2D eigenvalue weighted by Gasteiger charge is -2.28. The van der Waals surface area contributed by atoms with Crippen LogP contribution in [0.5, 0.6) is 0 Å². The quantitative estimate of drug-likeness (QED) is 0.609. The zero-order valence-corrected chi connectivity index (χ0v) is 10.3. The second kappa shape index (κ2) is 4.81. The van der Waals surface area contributed by atoms with Gasteiger partial charge in [0, 0.05) is 30.7 Å². The van der Waals surface area contributed by atoms with E-state index in [1.807, 2.05) is 6.07 Å². The van der Waals surface area contributed by atoms with Crippen LogP contribution in [0, 0.1) is 10.1 Å². The van der Waals surface area contributed by atoms with Gasteiger partial charge in [-0.3, -0.25) is 10.1 Å². The molecule has 0 amide bonds. The van der Waals surface area contributed by atoms with Gasteiger partial charge in [-0.15, -0.1) is 0 Å². The summed E-state index contributed by atoms with van der Waals surface area (Å²) in [6.07, 6.45) is 1.63. The first-order valence-corrected chi connectivity index (χ1v) is 6.12. The van der Waals surface area contributed by atoms with E-state index < -0.39 is 0 Å². The van der Waals surface area contributed by atoms with Crippen molar-refractivity contribution in [2.24, 2.45) is 0 Å². The molecule has 1 saturated heterocycles. The van der Waals surface area contributed by atoms with Crippen molar-refractivity contribution in [1.82, 2.24) is 4.98 Å². The topological polar surface area (TPSA) is 68.5 Å². The van der Waals surface area contributed by atoms with Gasteiger partial charge >= 0.3 is 0 Å². The molecule has 2 aromatic rings. The molecule has 0 saturated carbocycles. The molecule has 1 fully saturated rings. The highest BCUT2D eigenvalue weighted by molar-refractivity contribution is 5.97. The Morgan fingerprint density at radius 2 is 2.00 bits per heavy atom. The van der Waals surface area contributed by atoms with Gasteiger partial charge in [0.2, 0.25) is 0 Å².